The summed E-state index contributed by atoms with van der Waals surface area (Å²) in [6, 6.07) is 11.2. The average molecular weight is 411 g/mol. The number of H-pyrrole nitrogens is 1. The summed E-state index contributed by atoms with van der Waals surface area (Å²) in [4.78, 5) is 19.6. The molecule has 0 aliphatic heterocycles. The Hall–Kier alpha value is -1.50. The number of anilines is 1. The van der Waals surface area contributed by atoms with Crippen LogP contribution in [-0.2, 0) is 4.79 Å². The summed E-state index contributed by atoms with van der Waals surface area (Å²) in [6.45, 7) is 1.98. The minimum atomic E-state index is -0.0739. The highest BCUT2D eigenvalue weighted by molar-refractivity contribution is 9.10. The number of aromatic nitrogens is 2. The van der Waals surface area contributed by atoms with E-state index in [4.69, 9.17) is 11.6 Å². The number of imidazole rings is 1. The van der Waals surface area contributed by atoms with Crippen molar-refractivity contribution in [2.45, 2.75) is 12.1 Å². The zero-order valence-corrected chi connectivity index (χ0v) is 15.3. The maximum absolute atomic E-state index is 12.0. The number of rotatable bonds is 4. The zero-order valence-electron chi connectivity index (χ0n) is 12.2. The molecule has 118 valence electrons. The standard InChI is InChI=1S/C16H13BrClN3OS/c1-9-6-11(3-4-12(9)17)19-15(22)8-23-16-20-13-5-2-10(18)7-14(13)21-16/h2-7H,8H2,1H3,(H,19,22)(H,20,21). The maximum atomic E-state index is 12.0. The van der Waals surface area contributed by atoms with Crippen molar-refractivity contribution in [1.82, 2.24) is 9.97 Å². The van der Waals surface area contributed by atoms with Gasteiger partial charge in [0.25, 0.3) is 0 Å². The zero-order chi connectivity index (χ0) is 16.4. The van der Waals surface area contributed by atoms with Gasteiger partial charge in [0.05, 0.1) is 16.8 Å². The lowest BCUT2D eigenvalue weighted by atomic mass is 10.2. The van der Waals surface area contributed by atoms with Crippen LogP contribution in [0.15, 0.2) is 46.0 Å². The Morgan fingerprint density at radius 1 is 1.35 bits per heavy atom. The number of aryl methyl sites for hydroxylation is 1. The van der Waals surface area contributed by atoms with E-state index in [9.17, 15) is 4.79 Å². The lowest BCUT2D eigenvalue weighted by molar-refractivity contribution is -0.113. The van der Waals surface area contributed by atoms with Crippen LogP contribution >= 0.6 is 39.3 Å². The predicted molar refractivity (Wildman–Crippen MR) is 99.3 cm³/mol. The van der Waals surface area contributed by atoms with Crippen LogP contribution in [0, 0.1) is 6.92 Å². The first kappa shape index (κ1) is 16.4. The molecule has 0 fully saturated rings. The van der Waals surface area contributed by atoms with Crippen LogP contribution < -0.4 is 5.32 Å². The molecule has 0 saturated heterocycles. The van der Waals surface area contributed by atoms with Gasteiger partial charge in [0, 0.05) is 15.2 Å². The number of aromatic amines is 1. The van der Waals surface area contributed by atoms with Crippen LogP contribution in [0.1, 0.15) is 5.56 Å². The summed E-state index contributed by atoms with van der Waals surface area (Å²) in [5.41, 5.74) is 3.56. The van der Waals surface area contributed by atoms with Crippen molar-refractivity contribution in [3.05, 3.63) is 51.5 Å². The van der Waals surface area contributed by atoms with E-state index in [1.165, 1.54) is 11.8 Å². The van der Waals surface area contributed by atoms with Gasteiger partial charge in [-0.15, -0.1) is 0 Å². The average Bonchev–Trinajstić information content (AvgIpc) is 2.91. The fourth-order valence-electron chi connectivity index (χ4n) is 2.08. The summed E-state index contributed by atoms with van der Waals surface area (Å²) >= 11 is 10.7. The van der Waals surface area contributed by atoms with E-state index >= 15 is 0 Å². The Morgan fingerprint density at radius 2 is 2.17 bits per heavy atom. The van der Waals surface area contributed by atoms with Crippen molar-refractivity contribution in [3.63, 3.8) is 0 Å². The minimum absolute atomic E-state index is 0.0739. The number of benzene rings is 2. The number of hydrogen-bond donors (Lipinski definition) is 2. The second-order valence-electron chi connectivity index (χ2n) is 5.00. The van der Waals surface area contributed by atoms with Crippen LogP contribution in [-0.4, -0.2) is 21.6 Å². The van der Waals surface area contributed by atoms with Crippen LogP contribution in [0.3, 0.4) is 0 Å². The molecule has 0 aliphatic carbocycles. The molecule has 1 amide bonds. The first-order valence-electron chi connectivity index (χ1n) is 6.85. The maximum Gasteiger partial charge on any atom is 0.234 e. The molecule has 0 radical (unpaired) electrons. The van der Waals surface area contributed by atoms with E-state index in [1.54, 1.807) is 6.07 Å². The highest BCUT2D eigenvalue weighted by Gasteiger charge is 2.08. The Balaban J connectivity index is 1.62. The number of carbonyl (C=O) groups excluding carboxylic acids is 1. The number of thioether (sulfide) groups is 1. The smallest absolute Gasteiger partial charge is 0.234 e. The van der Waals surface area contributed by atoms with Gasteiger partial charge < -0.3 is 10.3 Å². The van der Waals surface area contributed by atoms with Crippen molar-refractivity contribution >= 4 is 61.9 Å². The van der Waals surface area contributed by atoms with E-state index in [-0.39, 0.29) is 11.7 Å². The summed E-state index contributed by atoms with van der Waals surface area (Å²) in [7, 11) is 0. The molecule has 2 N–H and O–H groups in total. The second kappa shape index (κ2) is 6.95. The van der Waals surface area contributed by atoms with E-state index in [1.807, 2.05) is 37.3 Å². The quantitative estimate of drug-likeness (QED) is 0.594. The van der Waals surface area contributed by atoms with Crippen molar-refractivity contribution < 1.29 is 4.79 Å². The van der Waals surface area contributed by atoms with E-state index < -0.39 is 0 Å². The molecule has 1 aromatic heterocycles. The van der Waals surface area contributed by atoms with Gasteiger partial charge in [0.2, 0.25) is 5.91 Å². The molecule has 0 atom stereocenters. The van der Waals surface area contributed by atoms with Crippen molar-refractivity contribution in [2.24, 2.45) is 0 Å². The molecule has 7 heteroatoms. The molecule has 0 saturated carbocycles. The van der Waals surface area contributed by atoms with Gasteiger partial charge in [-0.3, -0.25) is 4.79 Å². The molecule has 0 spiro atoms. The number of carbonyl (C=O) groups is 1. The molecule has 2 aromatic carbocycles. The highest BCUT2D eigenvalue weighted by Crippen LogP contribution is 2.23. The van der Waals surface area contributed by atoms with Gasteiger partial charge in [-0.25, -0.2) is 4.98 Å². The molecule has 0 unspecified atom stereocenters. The predicted octanol–water partition coefficient (Wildman–Crippen LogP) is 5.02. The summed E-state index contributed by atoms with van der Waals surface area (Å²) in [5.74, 6) is 0.207. The first-order valence-corrected chi connectivity index (χ1v) is 9.01. The van der Waals surface area contributed by atoms with Gasteiger partial charge in [-0.05, 0) is 48.9 Å². The van der Waals surface area contributed by atoms with Gasteiger partial charge in [-0.1, -0.05) is 39.3 Å². The third-order valence-corrected chi connectivity index (χ3v) is 5.20. The van der Waals surface area contributed by atoms with Crippen LogP contribution in [0.4, 0.5) is 5.69 Å². The van der Waals surface area contributed by atoms with Crippen molar-refractivity contribution in [3.8, 4) is 0 Å². The molecule has 23 heavy (non-hydrogen) atoms. The SMILES string of the molecule is Cc1cc(NC(=O)CSc2nc3ccc(Cl)cc3[nH]2)ccc1Br. The molecule has 3 rings (SSSR count). The van der Waals surface area contributed by atoms with E-state index in [0.29, 0.717) is 10.2 Å². The lowest BCUT2D eigenvalue weighted by Crippen LogP contribution is -2.14. The van der Waals surface area contributed by atoms with Crippen molar-refractivity contribution in [1.29, 1.82) is 0 Å². The van der Waals surface area contributed by atoms with Crippen LogP contribution in [0.2, 0.25) is 5.02 Å². The molecule has 3 aromatic rings. The monoisotopic (exact) mass is 409 g/mol. The minimum Gasteiger partial charge on any atom is -0.333 e. The number of fused-ring (bicyclic) bond motifs is 1. The van der Waals surface area contributed by atoms with Crippen LogP contribution in [0.25, 0.3) is 11.0 Å². The van der Waals surface area contributed by atoms with Gasteiger partial charge in [0.1, 0.15) is 0 Å². The number of amides is 1. The Labute approximate surface area is 151 Å². The summed E-state index contributed by atoms with van der Waals surface area (Å²) in [5, 5.41) is 4.23. The topological polar surface area (TPSA) is 57.8 Å². The molecule has 4 nitrogen and oxygen atoms in total. The fraction of sp³-hybridized carbons (Fsp3) is 0.125. The molecule has 0 bridgehead atoms. The summed E-state index contributed by atoms with van der Waals surface area (Å²) < 4.78 is 1.02. The Bertz CT molecular complexity index is 881. The first-order chi connectivity index (χ1) is 11.0. The van der Waals surface area contributed by atoms with Gasteiger partial charge >= 0.3 is 0 Å². The summed E-state index contributed by atoms with van der Waals surface area (Å²) in [6.07, 6.45) is 0. The molecular formula is C16H13BrClN3OS. The number of halogens is 2. The van der Waals surface area contributed by atoms with Gasteiger partial charge in [-0.2, -0.15) is 0 Å². The molecule has 1 heterocycles. The van der Waals surface area contributed by atoms with Crippen molar-refractivity contribution in [2.75, 3.05) is 11.1 Å². The van der Waals surface area contributed by atoms with E-state index in [0.717, 1.165) is 26.8 Å². The largest absolute Gasteiger partial charge is 0.333 e. The molecule has 0 aliphatic rings. The number of nitrogens with one attached hydrogen (secondary N) is 2. The lowest BCUT2D eigenvalue weighted by Gasteiger charge is -2.06. The Morgan fingerprint density at radius 3 is 2.96 bits per heavy atom. The molecular weight excluding hydrogens is 398 g/mol. The Kier molecular flexibility index (Phi) is 4.94. The van der Waals surface area contributed by atoms with Crippen LogP contribution in [0.5, 0.6) is 0 Å². The normalized spacial score (nSPS) is 10.9. The second-order valence-corrected chi connectivity index (χ2v) is 7.26. The number of hydrogen-bond acceptors (Lipinski definition) is 3. The third-order valence-electron chi connectivity index (χ3n) is 3.20. The van der Waals surface area contributed by atoms with Gasteiger partial charge in [0.15, 0.2) is 5.16 Å². The number of nitrogens with zero attached hydrogens (tertiary/aromatic N) is 1. The van der Waals surface area contributed by atoms with E-state index in [2.05, 4.69) is 31.2 Å². The third kappa shape index (κ3) is 4.07. The fourth-order valence-corrected chi connectivity index (χ4v) is 3.18. The highest BCUT2D eigenvalue weighted by atomic mass is 79.9.